The van der Waals surface area contributed by atoms with Crippen LogP contribution in [0.4, 0.5) is 4.39 Å². The van der Waals surface area contributed by atoms with Crippen molar-refractivity contribution in [3.05, 3.63) is 35.6 Å². The second-order valence-electron chi connectivity index (χ2n) is 5.46. The van der Waals surface area contributed by atoms with E-state index in [9.17, 15) is 9.18 Å². The smallest absolute Gasteiger partial charge is 0.222 e. The van der Waals surface area contributed by atoms with Crippen molar-refractivity contribution in [3.63, 3.8) is 0 Å². The summed E-state index contributed by atoms with van der Waals surface area (Å²) in [5.41, 5.74) is 0.873. The number of carbonyl (C=O) groups excluding carboxylic acids is 1. The van der Waals surface area contributed by atoms with Gasteiger partial charge in [0.05, 0.1) is 0 Å². The van der Waals surface area contributed by atoms with Gasteiger partial charge < -0.3 is 9.64 Å². The summed E-state index contributed by atoms with van der Waals surface area (Å²) in [6.07, 6.45) is 3.08. The van der Waals surface area contributed by atoms with Crippen molar-refractivity contribution in [2.45, 2.75) is 25.7 Å². The molecule has 0 radical (unpaired) electrons. The SMILES string of the molecule is CN(CC1CCOCC1)C(=O)CCc1cccc(F)c1. The molecule has 0 atom stereocenters. The minimum atomic E-state index is -0.245. The van der Waals surface area contributed by atoms with Crippen molar-refractivity contribution in [1.82, 2.24) is 4.90 Å². The van der Waals surface area contributed by atoms with Gasteiger partial charge in [0.1, 0.15) is 5.82 Å². The lowest BCUT2D eigenvalue weighted by atomic mass is 9.99. The van der Waals surface area contributed by atoms with Gasteiger partial charge >= 0.3 is 0 Å². The molecule has 0 unspecified atom stereocenters. The molecular weight excluding hydrogens is 257 g/mol. The molecule has 1 aromatic carbocycles. The van der Waals surface area contributed by atoms with Crippen LogP contribution in [0.1, 0.15) is 24.8 Å². The summed E-state index contributed by atoms with van der Waals surface area (Å²) in [7, 11) is 1.85. The molecule has 0 aliphatic carbocycles. The first-order valence-corrected chi connectivity index (χ1v) is 7.21. The predicted molar refractivity (Wildman–Crippen MR) is 75.9 cm³/mol. The Morgan fingerprint density at radius 2 is 2.15 bits per heavy atom. The van der Waals surface area contributed by atoms with Crippen LogP contribution in [0.5, 0.6) is 0 Å². The quantitative estimate of drug-likeness (QED) is 0.829. The van der Waals surface area contributed by atoms with Crippen LogP contribution < -0.4 is 0 Å². The zero-order chi connectivity index (χ0) is 14.4. The molecule has 0 saturated carbocycles. The summed E-state index contributed by atoms with van der Waals surface area (Å²) in [4.78, 5) is 13.9. The first kappa shape index (κ1) is 15.0. The van der Waals surface area contributed by atoms with E-state index >= 15 is 0 Å². The van der Waals surface area contributed by atoms with Gasteiger partial charge in [-0.1, -0.05) is 12.1 Å². The van der Waals surface area contributed by atoms with E-state index in [1.54, 1.807) is 11.0 Å². The first-order chi connectivity index (χ1) is 9.65. The summed E-state index contributed by atoms with van der Waals surface area (Å²) in [6, 6.07) is 6.45. The zero-order valence-electron chi connectivity index (χ0n) is 12.0. The van der Waals surface area contributed by atoms with E-state index in [2.05, 4.69) is 0 Å². The van der Waals surface area contributed by atoms with Crippen LogP contribution in [0.3, 0.4) is 0 Å². The fraction of sp³-hybridized carbons (Fsp3) is 0.562. The highest BCUT2D eigenvalue weighted by Gasteiger charge is 2.18. The predicted octanol–water partition coefficient (Wildman–Crippen LogP) is 2.64. The maximum Gasteiger partial charge on any atom is 0.222 e. The second kappa shape index (κ2) is 7.39. The molecule has 2 rings (SSSR count). The first-order valence-electron chi connectivity index (χ1n) is 7.21. The zero-order valence-corrected chi connectivity index (χ0v) is 12.0. The molecule has 4 heteroatoms. The van der Waals surface area contributed by atoms with Crippen molar-refractivity contribution in [1.29, 1.82) is 0 Å². The maximum atomic E-state index is 13.1. The van der Waals surface area contributed by atoms with Crippen molar-refractivity contribution in [3.8, 4) is 0 Å². The number of halogens is 1. The molecule has 110 valence electrons. The van der Waals surface area contributed by atoms with Gasteiger partial charge in [0.15, 0.2) is 0 Å². The number of hydrogen-bond donors (Lipinski definition) is 0. The third kappa shape index (κ3) is 4.60. The molecule has 1 aromatic rings. The fourth-order valence-corrected chi connectivity index (χ4v) is 2.55. The summed E-state index contributed by atoms with van der Waals surface area (Å²) in [5.74, 6) is 0.429. The monoisotopic (exact) mass is 279 g/mol. The van der Waals surface area contributed by atoms with Gasteiger partial charge in [-0.05, 0) is 42.9 Å². The lowest BCUT2D eigenvalue weighted by molar-refractivity contribution is -0.130. The number of benzene rings is 1. The molecule has 1 heterocycles. The Morgan fingerprint density at radius 1 is 1.40 bits per heavy atom. The maximum absolute atomic E-state index is 13.1. The standard InChI is InChI=1S/C16H22FNO2/c1-18(12-14-7-9-20-10-8-14)16(19)6-5-13-3-2-4-15(17)11-13/h2-4,11,14H,5-10,12H2,1H3. The Balaban J connectivity index is 1.76. The molecule has 0 N–H and O–H groups in total. The Morgan fingerprint density at radius 3 is 2.85 bits per heavy atom. The highest BCUT2D eigenvalue weighted by molar-refractivity contribution is 5.76. The van der Waals surface area contributed by atoms with Gasteiger partial charge in [0, 0.05) is 33.2 Å². The van der Waals surface area contributed by atoms with Crippen LogP contribution in [0.2, 0.25) is 0 Å². The second-order valence-corrected chi connectivity index (χ2v) is 5.46. The van der Waals surface area contributed by atoms with Gasteiger partial charge in [0.25, 0.3) is 0 Å². The molecule has 1 amide bonds. The number of carbonyl (C=O) groups is 1. The molecule has 0 bridgehead atoms. The van der Waals surface area contributed by atoms with E-state index in [4.69, 9.17) is 4.74 Å². The van der Waals surface area contributed by atoms with E-state index in [1.807, 2.05) is 13.1 Å². The molecular formula is C16H22FNO2. The normalized spacial score (nSPS) is 16.1. The number of ether oxygens (including phenoxy) is 1. The molecule has 20 heavy (non-hydrogen) atoms. The number of rotatable bonds is 5. The van der Waals surface area contributed by atoms with Crippen LogP contribution in [-0.2, 0) is 16.0 Å². The van der Waals surface area contributed by atoms with Crippen molar-refractivity contribution in [2.75, 3.05) is 26.8 Å². The molecule has 0 aromatic heterocycles. The number of amides is 1. The van der Waals surface area contributed by atoms with E-state index in [-0.39, 0.29) is 11.7 Å². The van der Waals surface area contributed by atoms with Crippen LogP contribution >= 0.6 is 0 Å². The Bertz CT molecular complexity index is 444. The lowest BCUT2D eigenvalue weighted by Crippen LogP contribution is -2.34. The van der Waals surface area contributed by atoms with E-state index in [0.717, 1.165) is 38.2 Å². The van der Waals surface area contributed by atoms with Crippen molar-refractivity contribution < 1.29 is 13.9 Å². The molecule has 0 spiro atoms. The van der Waals surface area contributed by atoms with Crippen LogP contribution in [0, 0.1) is 11.7 Å². The minimum Gasteiger partial charge on any atom is -0.381 e. The van der Waals surface area contributed by atoms with Gasteiger partial charge in [0.2, 0.25) is 5.91 Å². The van der Waals surface area contributed by atoms with E-state index in [0.29, 0.717) is 18.8 Å². The van der Waals surface area contributed by atoms with Crippen LogP contribution in [-0.4, -0.2) is 37.6 Å². The average Bonchev–Trinajstić information content (AvgIpc) is 2.46. The van der Waals surface area contributed by atoms with Crippen LogP contribution in [0.15, 0.2) is 24.3 Å². The lowest BCUT2D eigenvalue weighted by Gasteiger charge is -2.27. The minimum absolute atomic E-state index is 0.126. The van der Waals surface area contributed by atoms with Crippen molar-refractivity contribution in [2.24, 2.45) is 5.92 Å². The fourth-order valence-electron chi connectivity index (χ4n) is 2.55. The van der Waals surface area contributed by atoms with Crippen molar-refractivity contribution >= 4 is 5.91 Å². The van der Waals surface area contributed by atoms with Gasteiger partial charge in [-0.3, -0.25) is 4.79 Å². The van der Waals surface area contributed by atoms with Gasteiger partial charge in [-0.2, -0.15) is 0 Å². The molecule has 1 aliphatic rings. The molecule has 1 saturated heterocycles. The highest BCUT2D eigenvalue weighted by Crippen LogP contribution is 2.16. The molecule has 1 aliphatic heterocycles. The largest absolute Gasteiger partial charge is 0.381 e. The third-order valence-electron chi connectivity index (χ3n) is 3.82. The van der Waals surface area contributed by atoms with E-state index in [1.165, 1.54) is 12.1 Å². The topological polar surface area (TPSA) is 29.5 Å². The summed E-state index contributed by atoms with van der Waals surface area (Å²) < 4.78 is 18.4. The summed E-state index contributed by atoms with van der Waals surface area (Å²) in [5, 5.41) is 0. The molecule has 3 nitrogen and oxygen atoms in total. The summed E-state index contributed by atoms with van der Waals surface area (Å²) >= 11 is 0. The number of nitrogens with zero attached hydrogens (tertiary/aromatic N) is 1. The average molecular weight is 279 g/mol. The van der Waals surface area contributed by atoms with E-state index < -0.39 is 0 Å². The third-order valence-corrected chi connectivity index (χ3v) is 3.82. The number of hydrogen-bond acceptors (Lipinski definition) is 2. The van der Waals surface area contributed by atoms with Gasteiger partial charge in [-0.25, -0.2) is 4.39 Å². The molecule has 1 fully saturated rings. The van der Waals surface area contributed by atoms with Crippen LogP contribution in [0.25, 0.3) is 0 Å². The highest BCUT2D eigenvalue weighted by atomic mass is 19.1. The van der Waals surface area contributed by atoms with Gasteiger partial charge in [-0.15, -0.1) is 0 Å². The summed E-state index contributed by atoms with van der Waals surface area (Å²) in [6.45, 7) is 2.40. The Hall–Kier alpha value is -1.42. The Kier molecular flexibility index (Phi) is 5.53. The number of aryl methyl sites for hydroxylation is 1. The Labute approximate surface area is 119 Å².